The van der Waals surface area contributed by atoms with Crippen LogP contribution in [0.15, 0.2) is 42.5 Å². The van der Waals surface area contributed by atoms with E-state index in [2.05, 4.69) is 5.32 Å². The summed E-state index contributed by atoms with van der Waals surface area (Å²) in [6, 6.07) is 11.0. The van der Waals surface area contributed by atoms with Crippen LogP contribution >= 0.6 is 11.6 Å². The number of carbonyl (C=O) groups excluding carboxylic acids is 2. The third-order valence-electron chi connectivity index (χ3n) is 6.68. The Hall–Kier alpha value is -2.98. The number of benzene rings is 2. The van der Waals surface area contributed by atoms with Gasteiger partial charge in [-0.25, -0.2) is 8.42 Å². The Morgan fingerprint density at radius 3 is 2.41 bits per heavy atom. The second-order valence-corrected chi connectivity index (χ2v) is 11.7. The first-order valence-corrected chi connectivity index (χ1v) is 14.6. The van der Waals surface area contributed by atoms with Gasteiger partial charge >= 0.3 is 0 Å². The highest BCUT2D eigenvalue weighted by molar-refractivity contribution is 7.92. The van der Waals surface area contributed by atoms with Crippen molar-refractivity contribution in [2.24, 2.45) is 0 Å². The lowest BCUT2D eigenvalue weighted by atomic mass is 10.1. The number of sulfonamides is 1. The molecular weight excluding hydrogens is 518 g/mol. The van der Waals surface area contributed by atoms with Gasteiger partial charge in [-0.2, -0.15) is 0 Å². The van der Waals surface area contributed by atoms with Gasteiger partial charge in [0, 0.05) is 23.7 Å². The van der Waals surface area contributed by atoms with Crippen molar-refractivity contribution in [3.8, 4) is 11.5 Å². The molecule has 2 amide bonds. The predicted molar refractivity (Wildman–Crippen MR) is 141 cm³/mol. The number of nitrogens with zero attached hydrogens (tertiary/aromatic N) is 2. The van der Waals surface area contributed by atoms with E-state index in [9.17, 15) is 18.0 Å². The highest BCUT2D eigenvalue weighted by Gasteiger charge is 2.33. The van der Waals surface area contributed by atoms with Crippen LogP contribution in [-0.4, -0.2) is 56.8 Å². The molecular formula is C26H32ClN3O6S. The smallest absolute Gasteiger partial charge is 0.244 e. The second-order valence-electron chi connectivity index (χ2n) is 9.37. The topological polar surface area (TPSA) is 105 Å². The van der Waals surface area contributed by atoms with Crippen molar-refractivity contribution in [2.75, 3.05) is 23.9 Å². The van der Waals surface area contributed by atoms with E-state index >= 15 is 0 Å². The van der Waals surface area contributed by atoms with Crippen LogP contribution in [0.25, 0.3) is 0 Å². The van der Waals surface area contributed by atoms with Gasteiger partial charge in [-0.05, 0) is 49.1 Å². The lowest BCUT2D eigenvalue weighted by molar-refractivity contribution is -0.140. The molecule has 0 radical (unpaired) electrons. The maximum Gasteiger partial charge on any atom is 0.244 e. The van der Waals surface area contributed by atoms with E-state index in [4.69, 9.17) is 21.1 Å². The minimum Gasteiger partial charge on any atom is -0.454 e. The summed E-state index contributed by atoms with van der Waals surface area (Å²) < 4.78 is 37.3. The molecule has 200 valence electrons. The summed E-state index contributed by atoms with van der Waals surface area (Å²) in [5.41, 5.74) is 1.05. The van der Waals surface area contributed by atoms with Crippen LogP contribution in [0.5, 0.6) is 11.5 Å². The van der Waals surface area contributed by atoms with E-state index in [-0.39, 0.29) is 31.0 Å². The first kappa shape index (κ1) is 27.1. The van der Waals surface area contributed by atoms with Crippen molar-refractivity contribution in [1.29, 1.82) is 0 Å². The van der Waals surface area contributed by atoms with Crippen LogP contribution in [0.4, 0.5) is 5.69 Å². The minimum absolute atomic E-state index is 0.0414. The Morgan fingerprint density at radius 2 is 1.76 bits per heavy atom. The summed E-state index contributed by atoms with van der Waals surface area (Å²) in [6.45, 7) is 1.54. The molecule has 0 aromatic heterocycles. The van der Waals surface area contributed by atoms with Gasteiger partial charge in [-0.1, -0.05) is 43.5 Å². The van der Waals surface area contributed by atoms with E-state index in [1.54, 1.807) is 36.4 Å². The van der Waals surface area contributed by atoms with Crippen LogP contribution in [0.1, 0.15) is 44.6 Å². The molecule has 37 heavy (non-hydrogen) atoms. The van der Waals surface area contributed by atoms with Crippen LogP contribution in [0.3, 0.4) is 0 Å². The Bertz CT molecular complexity index is 1230. The first-order valence-electron chi connectivity index (χ1n) is 12.4. The van der Waals surface area contributed by atoms with Crippen molar-refractivity contribution >= 4 is 39.1 Å². The van der Waals surface area contributed by atoms with Crippen molar-refractivity contribution in [3.63, 3.8) is 0 Å². The summed E-state index contributed by atoms with van der Waals surface area (Å²) in [4.78, 5) is 28.5. The van der Waals surface area contributed by atoms with Gasteiger partial charge in [-0.15, -0.1) is 0 Å². The van der Waals surface area contributed by atoms with Gasteiger partial charge in [0.1, 0.15) is 12.6 Å². The average Bonchev–Trinajstić information content (AvgIpc) is 3.54. The molecule has 1 aliphatic heterocycles. The van der Waals surface area contributed by atoms with Crippen LogP contribution in [0, 0.1) is 0 Å². The molecule has 1 fully saturated rings. The van der Waals surface area contributed by atoms with Crippen molar-refractivity contribution in [2.45, 2.75) is 57.7 Å². The number of fused-ring (bicyclic) bond motifs is 1. The Morgan fingerprint density at radius 1 is 1.08 bits per heavy atom. The molecule has 9 nitrogen and oxygen atoms in total. The quantitative estimate of drug-likeness (QED) is 0.484. The predicted octanol–water partition coefficient (Wildman–Crippen LogP) is 3.70. The fourth-order valence-corrected chi connectivity index (χ4v) is 5.70. The number of hydrogen-bond donors (Lipinski definition) is 1. The van der Waals surface area contributed by atoms with Gasteiger partial charge in [0.15, 0.2) is 11.5 Å². The van der Waals surface area contributed by atoms with Gasteiger partial charge in [0.25, 0.3) is 0 Å². The van der Waals surface area contributed by atoms with Gasteiger partial charge < -0.3 is 19.7 Å². The lowest BCUT2D eigenvalue weighted by Crippen LogP contribution is -2.53. The summed E-state index contributed by atoms with van der Waals surface area (Å²) >= 11 is 6.04. The summed E-state index contributed by atoms with van der Waals surface area (Å²) in [7, 11) is -3.84. The Kier molecular flexibility index (Phi) is 8.49. The average molecular weight is 550 g/mol. The largest absolute Gasteiger partial charge is 0.454 e. The molecule has 1 N–H and O–H groups in total. The summed E-state index contributed by atoms with van der Waals surface area (Å²) in [5.74, 6) is 0.179. The summed E-state index contributed by atoms with van der Waals surface area (Å²) in [6.07, 6.45) is 5.37. The third kappa shape index (κ3) is 6.67. The number of halogens is 1. The van der Waals surface area contributed by atoms with Crippen LogP contribution < -0.4 is 19.1 Å². The van der Waals surface area contributed by atoms with Crippen molar-refractivity contribution in [3.05, 3.63) is 53.1 Å². The van der Waals surface area contributed by atoms with E-state index in [1.807, 2.05) is 6.92 Å². The van der Waals surface area contributed by atoms with Crippen molar-refractivity contribution in [1.82, 2.24) is 10.2 Å². The number of nitrogens with one attached hydrogen (secondary N) is 1. The third-order valence-corrected chi connectivity index (χ3v) is 8.07. The molecule has 1 atom stereocenters. The number of rotatable bonds is 10. The van der Waals surface area contributed by atoms with E-state index < -0.39 is 28.5 Å². The molecule has 1 heterocycles. The molecule has 0 saturated heterocycles. The molecule has 2 aliphatic rings. The first-order chi connectivity index (χ1) is 17.7. The van der Waals surface area contributed by atoms with E-state index in [1.165, 1.54) is 11.0 Å². The molecule has 1 saturated carbocycles. The summed E-state index contributed by atoms with van der Waals surface area (Å²) in [5, 5.41) is 3.64. The molecule has 2 aromatic carbocycles. The zero-order valence-electron chi connectivity index (χ0n) is 21.0. The van der Waals surface area contributed by atoms with E-state index in [0.717, 1.165) is 41.8 Å². The number of anilines is 1. The molecule has 11 heteroatoms. The maximum absolute atomic E-state index is 13.8. The highest BCUT2D eigenvalue weighted by atomic mass is 35.5. The molecule has 0 spiro atoms. The fourth-order valence-electron chi connectivity index (χ4n) is 4.73. The zero-order valence-corrected chi connectivity index (χ0v) is 22.6. The number of ether oxygens (including phenoxy) is 2. The lowest BCUT2D eigenvalue weighted by Gasteiger charge is -2.33. The van der Waals surface area contributed by atoms with Gasteiger partial charge in [0.05, 0.1) is 11.9 Å². The minimum atomic E-state index is -3.84. The maximum atomic E-state index is 13.8. The highest BCUT2D eigenvalue weighted by Crippen LogP contribution is 2.36. The number of hydrogen-bond acceptors (Lipinski definition) is 6. The number of amides is 2. The molecule has 0 bridgehead atoms. The van der Waals surface area contributed by atoms with E-state index in [0.29, 0.717) is 22.9 Å². The molecule has 2 aromatic rings. The van der Waals surface area contributed by atoms with Crippen LogP contribution in [0.2, 0.25) is 5.02 Å². The van der Waals surface area contributed by atoms with Crippen LogP contribution in [-0.2, 0) is 26.2 Å². The fraction of sp³-hybridized carbons (Fsp3) is 0.462. The zero-order chi connectivity index (χ0) is 26.6. The Balaban J connectivity index is 1.62. The molecule has 4 rings (SSSR count). The van der Waals surface area contributed by atoms with Gasteiger partial charge in [0.2, 0.25) is 28.6 Å². The number of carbonyl (C=O) groups is 2. The molecule has 1 unspecified atom stereocenters. The van der Waals surface area contributed by atoms with Gasteiger partial charge in [-0.3, -0.25) is 13.9 Å². The Labute approximate surface area is 222 Å². The second kappa shape index (κ2) is 11.6. The van der Waals surface area contributed by atoms with Crippen molar-refractivity contribution < 1.29 is 27.5 Å². The standard InChI is InChI=1S/C26H32ClN3O6S/c1-3-22(26(32)28-20-6-4-5-7-20)29(15-18-8-10-19(27)11-9-18)25(31)16-30(37(2,33)34)21-12-13-23-24(14-21)36-17-35-23/h8-14,20,22H,3-7,15-17H2,1-2H3,(H,28,32). The normalized spacial score (nSPS) is 15.9. The molecule has 1 aliphatic carbocycles. The SMILES string of the molecule is CCC(C(=O)NC1CCCC1)N(Cc1ccc(Cl)cc1)C(=O)CN(c1ccc2c(c1)OCO2)S(C)(=O)=O. The monoisotopic (exact) mass is 549 g/mol.